The molecule has 0 spiro atoms. The Balaban J connectivity index is 2.63. The molecule has 1 aliphatic rings. The average Bonchev–Trinajstić information content (AvgIpc) is 2.97. The minimum Gasteiger partial charge on any atom is -0.469 e. The molecule has 96 valence electrons. The molecule has 6 heteroatoms. The van der Waals surface area contributed by atoms with Crippen LogP contribution in [0.5, 0.6) is 0 Å². The maximum absolute atomic E-state index is 12.0. The number of carbonyl (C=O) groups is 1. The van der Waals surface area contributed by atoms with Crippen molar-refractivity contribution in [1.29, 1.82) is 5.26 Å². The van der Waals surface area contributed by atoms with Crippen molar-refractivity contribution in [3.05, 3.63) is 0 Å². The van der Waals surface area contributed by atoms with Crippen molar-refractivity contribution >= 4 is 15.8 Å². The zero-order valence-electron chi connectivity index (χ0n) is 10.1. The van der Waals surface area contributed by atoms with Crippen molar-refractivity contribution in [3.63, 3.8) is 0 Å². The molecule has 0 aromatic carbocycles. The lowest BCUT2D eigenvalue weighted by Crippen LogP contribution is -2.28. The SMILES string of the molecule is COC(=O)CC(C)S(=O)(=O)CC1(CC#N)CC1. The van der Waals surface area contributed by atoms with Gasteiger partial charge in [-0.3, -0.25) is 4.79 Å². The van der Waals surface area contributed by atoms with Gasteiger partial charge >= 0.3 is 5.97 Å². The molecular formula is C11H17NO4S. The molecule has 1 rings (SSSR count). The van der Waals surface area contributed by atoms with Gasteiger partial charge in [0.05, 0.1) is 30.6 Å². The lowest BCUT2D eigenvalue weighted by molar-refractivity contribution is -0.140. The van der Waals surface area contributed by atoms with Gasteiger partial charge in [0.25, 0.3) is 0 Å². The Morgan fingerprint density at radius 3 is 2.53 bits per heavy atom. The Morgan fingerprint density at radius 1 is 1.53 bits per heavy atom. The summed E-state index contributed by atoms with van der Waals surface area (Å²) in [7, 11) is -2.10. The van der Waals surface area contributed by atoms with E-state index < -0.39 is 21.1 Å². The summed E-state index contributed by atoms with van der Waals surface area (Å²) in [6, 6.07) is 2.03. The number of methoxy groups -OCH3 is 1. The van der Waals surface area contributed by atoms with E-state index in [1.54, 1.807) is 0 Å². The van der Waals surface area contributed by atoms with Crippen LogP contribution in [0.2, 0.25) is 0 Å². The third kappa shape index (κ3) is 3.70. The smallest absolute Gasteiger partial charge is 0.306 e. The van der Waals surface area contributed by atoms with Gasteiger partial charge in [-0.1, -0.05) is 0 Å². The lowest BCUT2D eigenvalue weighted by atomic mass is 10.1. The fourth-order valence-corrected chi connectivity index (χ4v) is 3.65. The molecule has 1 aliphatic carbocycles. The number of sulfone groups is 1. The second kappa shape index (κ2) is 5.05. The van der Waals surface area contributed by atoms with E-state index in [0.29, 0.717) is 0 Å². The maximum Gasteiger partial charge on any atom is 0.306 e. The lowest BCUT2D eigenvalue weighted by Gasteiger charge is -2.16. The van der Waals surface area contributed by atoms with E-state index >= 15 is 0 Å². The van der Waals surface area contributed by atoms with Crippen molar-refractivity contribution in [1.82, 2.24) is 0 Å². The van der Waals surface area contributed by atoms with Gasteiger partial charge in [-0.05, 0) is 25.2 Å². The molecule has 1 unspecified atom stereocenters. The van der Waals surface area contributed by atoms with Crippen molar-refractivity contribution in [3.8, 4) is 6.07 Å². The molecule has 0 amide bonds. The zero-order chi connectivity index (χ0) is 13.1. The third-order valence-corrected chi connectivity index (χ3v) is 5.62. The largest absolute Gasteiger partial charge is 0.469 e. The first kappa shape index (κ1) is 14.0. The summed E-state index contributed by atoms with van der Waals surface area (Å²) in [4.78, 5) is 11.0. The number of hydrogen-bond acceptors (Lipinski definition) is 5. The maximum atomic E-state index is 12.0. The first-order valence-electron chi connectivity index (χ1n) is 5.50. The number of esters is 1. The molecule has 0 aromatic rings. The van der Waals surface area contributed by atoms with Gasteiger partial charge in [0, 0.05) is 6.42 Å². The topological polar surface area (TPSA) is 84.2 Å². The molecule has 0 N–H and O–H groups in total. The average molecular weight is 259 g/mol. The fraction of sp³-hybridized carbons (Fsp3) is 0.818. The highest BCUT2D eigenvalue weighted by Crippen LogP contribution is 2.50. The molecule has 0 radical (unpaired) electrons. The number of ether oxygens (including phenoxy) is 1. The number of rotatable bonds is 6. The van der Waals surface area contributed by atoms with Crippen LogP contribution >= 0.6 is 0 Å². The normalized spacial score (nSPS) is 19.1. The highest BCUT2D eigenvalue weighted by Gasteiger charge is 2.47. The van der Waals surface area contributed by atoms with Crippen molar-refractivity contribution in [2.45, 2.75) is 37.9 Å². The van der Waals surface area contributed by atoms with Crippen LogP contribution in [0.15, 0.2) is 0 Å². The second-order valence-corrected chi connectivity index (χ2v) is 7.15. The molecule has 5 nitrogen and oxygen atoms in total. The Kier molecular flexibility index (Phi) is 4.15. The van der Waals surface area contributed by atoms with E-state index in [1.165, 1.54) is 14.0 Å². The molecule has 17 heavy (non-hydrogen) atoms. The molecular weight excluding hydrogens is 242 g/mol. The number of carbonyl (C=O) groups excluding carboxylic acids is 1. The van der Waals surface area contributed by atoms with Crippen LogP contribution in [0.1, 0.15) is 32.6 Å². The number of hydrogen-bond donors (Lipinski definition) is 0. The monoisotopic (exact) mass is 259 g/mol. The molecule has 0 heterocycles. The molecule has 1 saturated carbocycles. The summed E-state index contributed by atoms with van der Waals surface area (Å²) in [6.45, 7) is 1.51. The summed E-state index contributed by atoms with van der Waals surface area (Å²) in [6.07, 6.45) is 1.72. The summed E-state index contributed by atoms with van der Waals surface area (Å²) in [5, 5.41) is 7.90. The Bertz CT molecular complexity index is 431. The zero-order valence-corrected chi connectivity index (χ0v) is 10.9. The Hall–Kier alpha value is -1.09. The summed E-state index contributed by atoms with van der Waals surface area (Å²) >= 11 is 0. The Morgan fingerprint density at radius 2 is 2.12 bits per heavy atom. The van der Waals surface area contributed by atoms with E-state index in [4.69, 9.17) is 5.26 Å². The van der Waals surface area contributed by atoms with Crippen molar-refractivity contribution in [2.75, 3.05) is 12.9 Å². The highest BCUT2D eigenvalue weighted by molar-refractivity contribution is 7.92. The van der Waals surface area contributed by atoms with Gasteiger partial charge in [-0.15, -0.1) is 0 Å². The van der Waals surface area contributed by atoms with E-state index in [1.807, 2.05) is 6.07 Å². The Labute approximate surface area is 102 Å². The highest BCUT2D eigenvalue weighted by atomic mass is 32.2. The first-order chi connectivity index (χ1) is 7.85. The van der Waals surface area contributed by atoms with Crippen LogP contribution in [-0.2, 0) is 19.4 Å². The van der Waals surface area contributed by atoms with Gasteiger partial charge in [-0.25, -0.2) is 8.42 Å². The molecule has 0 aromatic heterocycles. The van der Waals surface area contributed by atoms with E-state index in [9.17, 15) is 13.2 Å². The van der Waals surface area contributed by atoms with Gasteiger partial charge in [-0.2, -0.15) is 5.26 Å². The third-order valence-electron chi connectivity index (χ3n) is 3.21. The van der Waals surface area contributed by atoms with Gasteiger partial charge < -0.3 is 4.74 Å². The van der Waals surface area contributed by atoms with E-state index in [-0.39, 0.29) is 24.0 Å². The standard InChI is InChI=1S/C11H17NO4S/c1-9(7-10(13)16-2)17(14,15)8-11(3-4-11)5-6-12/h9H,3-5,7-8H2,1-2H3. The molecule has 1 fully saturated rings. The van der Waals surface area contributed by atoms with Gasteiger partial charge in [0.1, 0.15) is 0 Å². The van der Waals surface area contributed by atoms with Crippen LogP contribution in [0.4, 0.5) is 0 Å². The van der Waals surface area contributed by atoms with Crippen LogP contribution in [0.3, 0.4) is 0 Å². The predicted octanol–water partition coefficient (Wildman–Crippen LogP) is 1.05. The van der Waals surface area contributed by atoms with Crippen LogP contribution < -0.4 is 0 Å². The number of nitrogens with zero attached hydrogens (tertiary/aromatic N) is 1. The van der Waals surface area contributed by atoms with Crippen LogP contribution in [0.25, 0.3) is 0 Å². The summed E-state index contributed by atoms with van der Waals surface area (Å²) in [5.41, 5.74) is -0.349. The first-order valence-corrected chi connectivity index (χ1v) is 7.22. The molecule has 1 atom stereocenters. The quantitative estimate of drug-likeness (QED) is 0.665. The minimum absolute atomic E-state index is 0.00568. The van der Waals surface area contributed by atoms with Gasteiger partial charge in [0.2, 0.25) is 0 Å². The van der Waals surface area contributed by atoms with E-state index in [0.717, 1.165) is 12.8 Å². The minimum atomic E-state index is -3.33. The second-order valence-electron chi connectivity index (χ2n) is 4.73. The van der Waals surface area contributed by atoms with E-state index in [2.05, 4.69) is 4.74 Å². The fourth-order valence-electron chi connectivity index (χ4n) is 1.73. The molecule has 0 bridgehead atoms. The van der Waals surface area contributed by atoms with Crippen LogP contribution in [-0.4, -0.2) is 32.5 Å². The van der Waals surface area contributed by atoms with Crippen LogP contribution in [0, 0.1) is 16.7 Å². The molecule has 0 saturated heterocycles. The molecule has 0 aliphatic heterocycles. The van der Waals surface area contributed by atoms with Crippen molar-refractivity contribution < 1.29 is 17.9 Å². The van der Waals surface area contributed by atoms with Gasteiger partial charge in [0.15, 0.2) is 9.84 Å². The van der Waals surface area contributed by atoms with Crippen molar-refractivity contribution in [2.24, 2.45) is 5.41 Å². The summed E-state index contributed by atoms with van der Waals surface area (Å²) < 4.78 is 28.4. The number of nitriles is 1. The predicted molar refractivity (Wildman–Crippen MR) is 61.8 cm³/mol. The summed E-state index contributed by atoms with van der Waals surface area (Å²) in [5.74, 6) is -0.516.